The molecule has 2 nitrogen and oxygen atoms in total. The number of hydrogen-bond acceptors (Lipinski definition) is 2. The van der Waals surface area contributed by atoms with Gasteiger partial charge in [-0.05, 0) is 18.6 Å². The second-order valence-electron chi connectivity index (χ2n) is 2.50. The number of furan rings is 1. The summed E-state index contributed by atoms with van der Waals surface area (Å²) in [6.07, 6.45) is 2.95. The van der Waals surface area contributed by atoms with Gasteiger partial charge in [-0.15, -0.1) is 0 Å². The summed E-state index contributed by atoms with van der Waals surface area (Å²) < 4.78 is 4.99. The third-order valence-corrected chi connectivity index (χ3v) is 0.986. The van der Waals surface area contributed by atoms with Crippen LogP contribution in [-0.2, 0) is 6.54 Å². The van der Waals surface area contributed by atoms with E-state index in [0.29, 0.717) is 6.54 Å². The predicted octanol–water partition coefficient (Wildman–Crippen LogP) is 2.46. The van der Waals surface area contributed by atoms with Crippen LogP contribution in [0, 0.1) is 6.92 Å². The van der Waals surface area contributed by atoms with Crippen LogP contribution in [0.2, 0.25) is 0 Å². The molecule has 0 fully saturated rings. The van der Waals surface area contributed by atoms with Crippen molar-refractivity contribution in [1.82, 2.24) is 0 Å². The molecular formula is C9H17NO. The highest BCUT2D eigenvalue weighted by Crippen LogP contribution is 2.03. The van der Waals surface area contributed by atoms with Gasteiger partial charge in [-0.2, -0.15) is 0 Å². The minimum absolute atomic E-state index is 0.494. The Bertz CT molecular complexity index is 181. The van der Waals surface area contributed by atoms with E-state index in [9.17, 15) is 0 Å². The second kappa shape index (κ2) is 5.98. The van der Waals surface area contributed by atoms with Crippen LogP contribution in [0.15, 0.2) is 16.7 Å². The summed E-state index contributed by atoms with van der Waals surface area (Å²) in [5.41, 5.74) is 6.40. The molecule has 0 unspecified atom stereocenters. The molecule has 0 aromatic carbocycles. The topological polar surface area (TPSA) is 39.2 Å². The van der Waals surface area contributed by atoms with Gasteiger partial charge in [0.2, 0.25) is 0 Å². The molecule has 1 rings (SSSR count). The smallest absolute Gasteiger partial charge is 0.117 e. The molecule has 11 heavy (non-hydrogen) atoms. The van der Waals surface area contributed by atoms with Crippen molar-refractivity contribution in [3.8, 4) is 0 Å². The van der Waals surface area contributed by atoms with Gasteiger partial charge in [0.1, 0.15) is 5.76 Å². The normalized spacial score (nSPS) is 8.73. The molecule has 0 spiro atoms. The van der Waals surface area contributed by atoms with Gasteiger partial charge in [0.25, 0.3) is 0 Å². The highest BCUT2D eigenvalue weighted by atomic mass is 16.3. The lowest BCUT2D eigenvalue weighted by molar-refractivity contribution is 0.511. The average Bonchev–Trinajstić information content (AvgIpc) is 2.37. The monoisotopic (exact) mass is 155 g/mol. The van der Waals surface area contributed by atoms with Crippen molar-refractivity contribution in [3.05, 3.63) is 23.7 Å². The summed E-state index contributed by atoms with van der Waals surface area (Å²) in [6.45, 7) is 6.72. The minimum atomic E-state index is 0.494. The van der Waals surface area contributed by atoms with E-state index in [4.69, 9.17) is 10.2 Å². The molecule has 64 valence electrons. The molecule has 0 aliphatic heterocycles. The standard InChI is InChI=1S/C6H9NO.C3H8/c1-5-2-6(3-7)8-4-5;1-3-2/h2,4H,3,7H2,1H3;3H2,1-2H3. The first-order valence-electron chi connectivity index (χ1n) is 3.98. The molecule has 0 amide bonds. The molecular weight excluding hydrogens is 138 g/mol. The van der Waals surface area contributed by atoms with Crippen molar-refractivity contribution in [2.75, 3.05) is 0 Å². The van der Waals surface area contributed by atoms with E-state index in [1.165, 1.54) is 6.42 Å². The van der Waals surface area contributed by atoms with Crippen molar-refractivity contribution in [1.29, 1.82) is 0 Å². The number of nitrogens with two attached hydrogens (primary N) is 1. The number of aryl methyl sites for hydroxylation is 1. The quantitative estimate of drug-likeness (QED) is 0.676. The summed E-state index contributed by atoms with van der Waals surface area (Å²) in [5, 5.41) is 0. The molecule has 2 N–H and O–H groups in total. The Morgan fingerprint density at radius 2 is 2.00 bits per heavy atom. The lowest BCUT2D eigenvalue weighted by Gasteiger charge is -1.80. The maximum atomic E-state index is 5.27. The average molecular weight is 155 g/mol. The van der Waals surface area contributed by atoms with Gasteiger partial charge in [0.05, 0.1) is 12.8 Å². The predicted molar refractivity (Wildman–Crippen MR) is 47.3 cm³/mol. The largest absolute Gasteiger partial charge is 0.468 e. The summed E-state index contributed by atoms with van der Waals surface area (Å²) >= 11 is 0. The van der Waals surface area contributed by atoms with Gasteiger partial charge >= 0.3 is 0 Å². The Balaban J connectivity index is 0.000000292. The van der Waals surface area contributed by atoms with E-state index in [1.54, 1.807) is 6.26 Å². The second-order valence-corrected chi connectivity index (χ2v) is 2.50. The first-order valence-corrected chi connectivity index (χ1v) is 3.98. The Kier molecular flexibility index (Phi) is 5.57. The zero-order chi connectivity index (χ0) is 8.69. The summed E-state index contributed by atoms with van der Waals surface area (Å²) in [5.74, 6) is 0.850. The van der Waals surface area contributed by atoms with Crippen LogP contribution in [-0.4, -0.2) is 0 Å². The Hall–Kier alpha value is -0.760. The SMILES string of the molecule is CCC.Cc1coc(CN)c1. The van der Waals surface area contributed by atoms with E-state index in [0.717, 1.165) is 11.3 Å². The molecule has 0 bridgehead atoms. The maximum absolute atomic E-state index is 5.27. The fraction of sp³-hybridized carbons (Fsp3) is 0.556. The molecule has 1 aromatic heterocycles. The van der Waals surface area contributed by atoms with Crippen LogP contribution in [0.1, 0.15) is 31.6 Å². The molecule has 1 heterocycles. The molecule has 0 radical (unpaired) electrons. The van der Waals surface area contributed by atoms with Crippen molar-refractivity contribution in [3.63, 3.8) is 0 Å². The summed E-state index contributed by atoms with van der Waals surface area (Å²) in [7, 11) is 0. The fourth-order valence-electron chi connectivity index (χ4n) is 0.598. The highest BCUT2D eigenvalue weighted by Gasteiger charge is 1.91. The lowest BCUT2D eigenvalue weighted by atomic mass is 10.3. The van der Waals surface area contributed by atoms with E-state index in [-0.39, 0.29) is 0 Å². The van der Waals surface area contributed by atoms with E-state index >= 15 is 0 Å². The Labute approximate surface area is 68.4 Å². The van der Waals surface area contributed by atoms with Crippen LogP contribution in [0.5, 0.6) is 0 Å². The van der Waals surface area contributed by atoms with Gasteiger partial charge in [0.15, 0.2) is 0 Å². The lowest BCUT2D eigenvalue weighted by Crippen LogP contribution is -1.92. The van der Waals surface area contributed by atoms with Crippen LogP contribution in [0.3, 0.4) is 0 Å². The van der Waals surface area contributed by atoms with Crippen molar-refractivity contribution in [2.45, 2.75) is 33.7 Å². The third-order valence-electron chi connectivity index (χ3n) is 0.986. The molecule has 0 saturated carbocycles. The van der Waals surface area contributed by atoms with Gasteiger partial charge < -0.3 is 10.2 Å². The first kappa shape index (κ1) is 10.2. The summed E-state index contributed by atoms with van der Waals surface area (Å²) in [6, 6.07) is 1.93. The van der Waals surface area contributed by atoms with Gasteiger partial charge in [-0.3, -0.25) is 0 Å². The zero-order valence-electron chi connectivity index (χ0n) is 7.55. The van der Waals surface area contributed by atoms with E-state index in [1.807, 2.05) is 13.0 Å². The van der Waals surface area contributed by atoms with Crippen molar-refractivity contribution >= 4 is 0 Å². The van der Waals surface area contributed by atoms with E-state index in [2.05, 4.69) is 13.8 Å². The van der Waals surface area contributed by atoms with Gasteiger partial charge in [-0.1, -0.05) is 20.3 Å². The van der Waals surface area contributed by atoms with Crippen molar-refractivity contribution in [2.24, 2.45) is 5.73 Å². The first-order chi connectivity index (χ1) is 5.24. The van der Waals surface area contributed by atoms with Gasteiger partial charge in [-0.25, -0.2) is 0 Å². The molecule has 1 aromatic rings. The fourth-order valence-corrected chi connectivity index (χ4v) is 0.598. The van der Waals surface area contributed by atoms with E-state index < -0.39 is 0 Å². The van der Waals surface area contributed by atoms with Crippen LogP contribution in [0.4, 0.5) is 0 Å². The Morgan fingerprint density at radius 3 is 2.18 bits per heavy atom. The maximum Gasteiger partial charge on any atom is 0.117 e. The van der Waals surface area contributed by atoms with Crippen LogP contribution >= 0.6 is 0 Å². The molecule has 0 atom stereocenters. The Morgan fingerprint density at radius 1 is 1.45 bits per heavy atom. The minimum Gasteiger partial charge on any atom is -0.468 e. The van der Waals surface area contributed by atoms with Crippen molar-refractivity contribution < 1.29 is 4.42 Å². The van der Waals surface area contributed by atoms with Crippen LogP contribution in [0.25, 0.3) is 0 Å². The third kappa shape index (κ3) is 4.62. The summed E-state index contributed by atoms with van der Waals surface area (Å²) in [4.78, 5) is 0. The number of hydrogen-bond donors (Lipinski definition) is 1. The zero-order valence-corrected chi connectivity index (χ0v) is 7.55. The molecule has 0 saturated heterocycles. The molecule has 2 heteroatoms. The molecule has 0 aliphatic rings. The van der Waals surface area contributed by atoms with Gasteiger partial charge in [0, 0.05) is 0 Å². The van der Waals surface area contributed by atoms with Crippen LogP contribution < -0.4 is 5.73 Å². The highest BCUT2D eigenvalue weighted by molar-refractivity contribution is 5.09. The molecule has 0 aliphatic carbocycles. The number of rotatable bonds is 1.